The number of methoxy groups -OCH3 is 1. The van der Waals surface area contributed by atoms with Crippen molar-refractivity contribution in [1.29, 1.82) is 0 Å². The van der Waals surface area contributed by atoms with Crippen LogP contribution in [0.1, 0.15) is 87.0 Å². The van der Waals surface area contributed by atoms with Gasteiger partial charge in [0.05, 0.1) is 11.7 Å². The van der Waals surface area contributed by atoms with Crippen molar-refractivity contribution < 1.29 is 9.47 Å². The van der Waals surface area contributed by atoms with Gasteiger partial charge in [0.15, 0.2) is 0 Å². The Labute approximate surface area is 174 Å². The van der Waals surface area contributed by atoms with Crippen LogP contribution in [0.3, 0.4) is 0 Å². The lowest BCUT2D eigenvalue weighted by atomic mass is 9.75. The number of likely N-dealkylation sites (N-methyl/N-ethyl adjacent to an activating group) is 1. The summed E-state index contributed by atoms with van der Waals surface area (Å²) in [7, 11) is 4.21. The molecule has 2 saturated carbocycles. The van der Waals surface area contributed by atoms with E-state index in [1.54, 1.807) is 0 Å². The van der Waals surface area contributed by atoms with Crippen LogP contribution in [0, 0.1) is 28.1 Å². The summed E-state index contributed by atoms with van der Waals surface area (Å²) in [6, 6.07) is 0.610. The predicted octanol–water partition coefficient (Wildman–Crippen LogP) is 5.77. The molecule has 0 aromatic heterocycles. The summed E-state index contributed by atoms with van der Waals surface area (Å²) in [6.45, 7) is 18.9. The van der Waals surface area contributed by atoms with Gasteiger partial charge in [0.25, 0.3) is 0 Å². The quantitative estimate of drug-likeness (QED) is 0.548. The fraction of sp³-hybridized carbons (Fsp3) is 1.00. The van der Waals surface area contributed by atoms with E-state index in [9.17, 15) is 0 Å². The number of ether oxygens (including phenoxy) is 2. The minimum atomic E-state index is 0.166. The van der Waals surface area contributed by atoms with Crippen molar-refractivity contribution in [2.24, 2.45) is 28.1 Å². The van der Waals surface area contributed by atoms with Crippen molar-refractivity contribution in [2.45, 2.75) is 105 Å². The molecule has 3 rings (SSSR count). The first kappa shape index (κ1) is 22.6. The molecule has 3 nitrogen and oxygen atoms in total. The van der Waals surface area contributed by atoms with Crippen LogP contribution in [0.15, 0.2) is 0 Å². The summed E-state index contributed by atoms with van der Waals surface area (Å²) in [6.07, 6.45) is 7.90. The van der Waals surface area contributed by atoms with Crippen LogP contribution >= 0.6 is 0 Å². The number of hydrogen-bond donors (Lipinski definition) is 0. The van der Waals surface area contributed by atoms with Crippen LogP contribution in [-0.4, -0.2) is 50.0 Å². The number of rotatable bonds is 7. The van der Waals surface area contributed by atoms with E-state index in [1.165, 1.54) is 32.1 Å². The lowest BCUT2D eigenvalue weighted by molar-refractivity contribution is -0.0270. The Kier molecular flexibility index (Phi) is 6.07. The van der Waals surface area contributed by atoms with Crippen molar-refractivity contribution in [3.63, 3.8) is 0 Å². The second-order valence-electron chi connectivity index (χ2n) is 12.7. The molecule has 28 heavy (non-hydrogen) atoms. The molecule has 2 aliphatic carbocycles. The normalized spacial score (nSPS) is 34.2. The Morgan fingerprint density at radius 3 is 2.21 bits per heavy atom. The van der Waals surface area contributed by atoms with Crippen LogP contribution in [-0.2, 0) is 9.47 Å². The zero-order chi connectivity index (χ0) is 21.0. The second kappa shape index (κ2) is 7.54. The molecule has 1 aliphatic heterocycles. The van der Waals surface area contributed by atoms with Gasteiger partial charge < -0.3 is 14.4 Å². The lowest BCUT2D eigenvalue weighted by Crippen LogP contribution is -2.43. The van der Waals surface area contributed by atoms with E-state index < -0.39 is 0 Å². The average Bonchev–Trinajstić information content (AvgIpc) is 3.41. The van der Waals surface area contributed by atoms with Crippen LogP contribution in [0.5, 0.6) is 0 Å². The number of nitrogens with zero attached hydrogens (tertiary/aromatic N) is 1. The van der Waals surface area contributed by atoms with Crippen molar-refractivity contribution in [2.75, 3.05) is 27.3 Å². The zero-order valence-corrected chi connectivity index (χ0v) is 20.2. The van der Waals surface area contributed by atoms with Gasteiger partial charge in [-0.15, -0.1) is 0 Å². The highest BCUT2D eigenvalue weighted by atomic mass is 16.5. The smallest absolute Gasteiger partial charge is 0.0731 e. The maximum Gasteiger partial charge on any atom is 0.0731 e. The topological polar surface area (TPSA) is 21.7 Å². The summed E-state index contributed by atoms with van der Waals surface area (Å²) in [5.74, 6) is 1.71. The molecule has 0 aromatic carbocycles. The van der Waals surface area contributed by atoms with Crippen molar-refractivity contribution in [1.82, 2.24) is 4.90 Å². The molecular weight excluding hydrogens is 346 g/mol. The summed E-state index contributed by atoms with van der Waals surface area (Å²) in [5, 5.41) is 0. The summed E-state index contributed by atoms with van der Waals surface area (Å²) >= 11 is 0. The van der Waals surface area contributed by atoms with Gasteiger partial charge >= 0.3 is 0 Å². The highest BCUT2D eigenvalue weighted by molar-refractivity contribution is 5.09. The van der Waals surface area contributed by atoms with Gasteiger partial charge in [-0.05, 0) is 73.7 Å². The number of hydrogen-bond acceptors (Lipinski definition) is 3. The maximum atomic E-state index is 6.37. The monoisotopic (exact) mass is 393 g/mol. The minimum absolute atomic E-state index is 0.166. The third-order valence-corrected chi connectivity index (χ3v) is 8.55. The van der Waals surface area contributed by atoms with E-state index in [0.717, 1.165) is 31.4 Å². The van der Waals surface area contributed by atoms with Crippen LogP contribution in [0.4, 0.5) is 0 Å². The third kappa shape index (κ3) is 4.62. The van der Waals surface area contributed by atoms with E-state index in [0.29, 0.717) is 28.4 Å². The molecule has 164 valence electrons. The fourth-order valence-electron chi connectivity index (χ4n) is 6.57. The van der Waals surface area contributed by atoms with E-state index in [4.69, 9.17) is 9.47 Å². The molecule has 0 amide bonds. The molecular formula is C25H47NO2. The molecule has 0 N–H and O–H groups in total. The molecule has 0 aromatic rings. The molecule has 3 unspecified atom stereocenters. The Morgan fingerprint density at radius 1 is 1.04 bits per heavy atom. The Bertz CT molecular complexity index is 543. The van der Waals surface area contributed by atoms with Gasteiger partial charge in [-0.2, -0.15) is 0 Å². The molecule has 0 spiro atoms. The zero-order valence-electron chi connectivity index (χ0n) is 20.2. The highest BCUT2D eigenvalue weighted by Crippen LogP contribution is 2.62. The molecule has 0 bridgehead atoms. The Balaban J connectivity index is 1.55. The Morgan fingerprint density at radius 2 is 1.68 bits per heavy atom. The van der Waals surface area contributed by atoms with E-state index in [1.807, 2.05) is 7.11 Å². The van der Waals surface area contributed by atoms with E-state index in [2.05, 4.69) is 60.4 Å². The maximum absolute atomic E-state index is 6.37. The van der Waals surface area contributed by atoms with Crippen molar-refractivity contribution >= 4 is 0 Å². The van der Waals surface area contributed by atoms with Crippen LogP contribution < -0.4 is 0 Å². The summed E-state index contributed by atoms with van der Waals surface area (Å²) < 4.78 is 12.3. The first-order valence-electron chi connectivity index (χ1n) is 11.7. The SMILES string of the molecule is COC1(C(C)(C)CC2C[C@H]2C(C)(C)CC2CN(C)C(C(C)(C)C)CCO2)CC1. The Hall–Kier alpha value is -0.120. The van der Waals surface area contributed by atoms with Crippen LogP contribution in [0.2, 0.25) is 0 Å². The third-order valence-electron chi connectivity index (χ3n) is 8.55. The average molecular weight is 394 g/mol. The first-order valence-corrected chi connectivity index (χ1v) is 11.7. The minimum Gasteiger partial charge on any atom is -0.378 e. The fourth-order valence-corrected chi connectivity index (χ4v) is 6.57. The van der Waals surface area contributed by atoms with Crippen molar-refractivity contribution in [3.05, 3.63) is 0 Å². The van der Waals surface area contributed by atoms with Gasteiger partial charge in [0.2, 0.25) is 0 Å². The lowest BCUT2D eigenvalue weighted by Gasteiger charge is -2.38. The van der Waals surface area contributed by atoms with E-state index in [-0.39, 0.29) is 5.60 Å². The second-order valence-corrected chi connectivity index (χ2v) is 12.7. The molecule has 3 heteroatoms. The largest absolute Gasteiger partial charge is 0.378 e. The molecule has 0 radical (unpaired) electrons. The summed E-state index contributed by atoms with van der Waals surface area (Å²) in [4.78, 5) is 2.57. The predicted molar refractivity (Wildman–Crippen MR) is 118 cm³/mol. The van der Waals surface area contributed by atoms with Gasteiger partial charge in [-0.3, -0.25) is 0 Å². The summed E-state index contributed by atoms with van der Waals surface area (Å²) in [5.41, 5.74) is 1.14. The van der Waals surface area contributed by atoms with Gasteiger partial charge in [-0.25, -0.2) is 0 Å². The first-order chi connectivity index (χ1) is 12.8. The molecule has 3 aliphatic rings. The van der Waals surface area contributed by atoms with Gasteiger partial charge in [0, 0.05) is 26.3 Å². The molecule has 1 saturated heterocycles. The van der Waals surface area contributed by atoms with E-state index >= 15 is 0 Å². The molecule has 3 fully saturated rings. The molecule has 4 atom stereocenters. The van der Waals surface area contributed by atoms with Gasteiger partial charge in [0.1, 0.15) is 0 Å². The van der Waals surface area contributed by atoms with Crippen LogP contribution in [0.25, 0.3) is 0 Å². The van der Waals surface area contributed by atoms with Crippen molar-refractivity contribution in [3.8, 4) is 0 Å². The molecule has 1 heterocycles. The standard InChI is InChI=1S/C25H47NO2/c1-22(2,3)21-10-13-28-19(17-26(21)8)16-23(4,5)20-14-18(20)15-24(6,7)25(27-9)11-12-25/h18-21H,10-17H2,1-9H3/t18?,19?,20-,21?/m1/s1. The van der Waals surface area contributed by atoms with Gasteiger partial charge in [-0.1, -0.05) is 48.5 Å². The highest BCUT2D eigenvalue weighted by Gasteiger charge is 2.58.